The van der Waals surface area contributed by atoms with Crippen LogP contribution in [0.4, 0.5) is 0 Å². The van der Waals surface area contributed by atoms with Gasteiger partial charge in [0, 0.05) is 44.1 Å². The first-order chi connectivity index (χ1) is 15.1. The largest absolute Gasteiger partial charge is 0.390 e. The maximum absolute atomic E-state index is 12.5. The van der Waals surface area contributed by atoms with Gasteiger partial charge < -0.3 is 20.6 Å². The summed E-state index contributed by atoms with van der Waals surface area (Å²) in [5, 5.41) is 16.7. The number of hydrogen-bond donors (Lipinski definition) is 3. The molecule has 0 spiro atoms. The number of nitrogens with zero attached hydrogens (tertiary/aromatic N) is 2. The fourth-order valence-electron chi connectivity index (χ4n) is 4.27. The highest BCUT2D eigenvalue weighted by Gasteiger charge is 2.24. The van der Waals surface area contributed by atoms with E-state index in [1.54, 1.807) is 12.1 Å². The molecule has 9 heteroatoms. The van der Waals surface area contributed by atoms with E-state index < -0.39 is 6.10 Å². The predicted molar refractivity (Wildman–Crippen MR) is 132 cm³/mol. The van der Waals surface area contributed by atoms with Gasteiger partial charge in [-0.1, -0.05) is 24.3 Å². The Labute approximate surface area is 207 Å². The molecule has 2 aliphatic rings. The van der Waals surface area contributed by atoms with Crippen molar-refractivity contribution < 1.29 is 14.7 Å². The summed E-state index contributed by atoms with van der Waals surface area (Å²) in [5.74, 6) is -0.189. The Kier molecular flexibility index (Phi) is 10.6. The molecule has 1 aromatic carbocycles. The number of fused-ring (bicyclic) bond motifs is 1. The molecule has 180 valence electrons. The number of aliphatic hydroxyl groups is 1. The smallest absolute Gasteiger partial charge is 0.252 e. The average Bonchev–Trinajstić information content (AvgIpc) is 2.83. The Morgan fingerprint density at radius 3 is 2.52 bits per heavy atom. The highest BCUT2D eigenvalue weighted by atomic mass is 35.5. The fourth-order valence-corrected chi connectivity index (χ4v) is 4.27. The standard InChI is InChI=1S/C24H30N4O3.2ClH/c29-22(21-12-17-6-2-3-7-18(17)14-26-21)16-27-24(31)19-8-9-20(25-15-19)13-23(30)28-10-4-1-5-11-28;;/h2-3,6-9,15,21-22,26,29H,1,4-5,10-14,16H2,(H,27,31);2*1H. The minimum atomic E-state index is -0.688. The summed E-state index contributed by atoms with van der Waals surface area (Å²) in [6.07, 6.45) is 5.11. The molecule has 2 amide bonds. The average molecular weight is 495 g/mol. The lowest BCUT2D eigenvalue weighted by molar-refractivity contribution is -0.131. The second kappa shape index (κ2) is 12.9. The van der Waals surface area contributed by atoms with Crippen molar-refractivity contribution in [3.8, 4) is 0 Å². The van der Waals surface area contributed by atoms with E-state index in [0.717, 1.165) is 32.4 Å². The van der Waals surface area contributed by atoms with Gasteiger partial charge in [-0.2, -0.15) is 0 Å². The summed E-state index contributed by atoms with van der Waals surface area (Å²) >= 11 is 0. The maximum Gasteiger partial charge on any atom is 0.252 e. The van der Waals surface area contributed by atoms with Crippen LogP contribution in [0.2, 0.25) is 0 Å². The molecule has 0 radical (unpaired) electrons. The highest BCUT2D eigenvalue weighted by Crippen LogP contribution is 2.18. The van der Waals surface area contributed by atoms with Gasteiger partial charge in [0.25, 0.3) is 5.91 Å². The number of nitrogens with one attached hydrogen (secondary N) is 2. The summed E-state index contributed by atoms with van der Waals surface area (Å²) < 4.78 is 0. The minimum Gasteiger partial charge on any atom is -0.390 e. The molecule has 2 aromatic rings. The van der Waals surface area contributed by atoms with Crippen LogP contribution in [0, 0.1) is 0 Å². The minimum absolute atomic E-state index is 0. The Bertz CT molecular complexity index is 920. The number of likely N-dealkylation sites (tertiary alicyclic amines) is 1. The van der Waals surface area contributed by atoms with E-state index in [1.807, 2.05) is 17.0 Å². The molecule has 2 atom stereocenters. The normalized spacial score (nSPS) is 18.2. The lowest BCUT2D eigenvalue weighted by Crippen LogP contribution is -2.49. The number of halogens is 2. The Morgan fingerprint density at radius 2 is 1.82 bits per heavy atom. The number of piperidine rings is 1. The molecule has 3 heterocycles. The van der Waals surface area contributed by atoms with Gasteiger partial charge in [0.05, 0.1) is 18.1 Å². The monoisotopic (exact) mass is 494 g/mol. The van der Waals surface area contributed by atoms with Gasteiger partial charge in [0.1, 0.15) is 0 Å². The molecule has 7 nitrogen and oxygen atoms in total. The zero-order valence-electron chi connectivity index (χ0n) is 18.5. The fraction of sp³-hybridized carbons (Fsp3) is 0.458. The van der Waals surface area contributed by atoms with Gasteiger partial charge in [0.15, 0.2) is 0 Å². The third kappa shape index (κ3) is 7.14. The van der Waals surface area contributed by atoms with Gasteiger partial charge in [-0.15, -0.1) is 24.8 Å². The van der Waals surface area contributed by atoms with Gasteiger partial charge in [-0.05, 0) is 48.9 Å². The number of amides is 2. The number of benzene rings is 1. The topological polar surface area (TPSA) is 94.6 Å². The van der Waals surface area contributed by atoms with Crippen molar-refractivity contribution in [1.82, 2.24) is 20.5 Å². The number of hydrogen-bond acceptors (Lipinski definition) is 5. The molecule has 2 unspecified atom stereocenters. The summed E-state index contributed by atoms with van der Waals surface area (Å²) in [5.41, 5.74) is 3.57. The van der Waals surface area contributed by atoms with Crippen molar-refractivity contribution in [3.05, 3.63) is 65.0 Å². The van der Waals surface area contributed by atoms with Crippen LogP contribution in [-0.4, -0.2) is 58.6 Å². The van der Waals surface area contributed by atoms with E-state index in [2.05, 4.69) is 27.8 Å². The van der Waals surface area contributed by atoms with E-state index in [-0.39, 0.29) is 55.6 Å². The first-order valence-electron chi connectivity index (χ1n) is 11.1. The third-order valence-electron chi connectivity index (χ3n) is 6.18. The Hall–Kier alpha value is -2.19. The number of aromatic nitrogens is 1. The summed E-state index contributed by atoms with van der Waals surface area (Å²) in [6.45, 7) is 2.52. The summed E-state index contributed by atoms with van der Waals surface area (Å²) in [4.78, 5) is 31.0. The molecule has 1 saturated heterocycles. The first kappa shape index (κ1) is 27.1. The molecule has 3 N–H and O–H groups in total. The highest BCUT2D eigenvalue weighted by molar-refractivity contribution is 5.94. The van der Waals surface area contributed by atoms with Crippen LogP contribution in [0.1, 0.15) is 46.4 Å². The predicted octanol–water partition coefficient (Wildman–Crippen LogP) is 2.29. The van der Waals surface area contributed by atoms with Crippen molar-refractivity contribution in [3.63, 3.8) is 0 Å². The summed E-state index contributed by atoms with van der Waals surface area (Å²) in [7, 11) is 0. The molecular weight excluding hydrogens is 463 g/mol. The first-order valence-corrected chi connectivity index (χ1v) is 11.1. The summed E-state index contributed by atoms with van der Waals surface area (Å²) in [6, 6.07) is 11.5. The second-order valence-electron chi connectivity index (χ2n) is 8.39. The number of pyridine rings is 1. The van der Waals surface area contributed by atoms with E-state index in [1.165, 1.54) is 23.7 Å². The van der Waals surface area contributed by atoms with Crippen LogP contribution in [0.25, 0.3) is 0 Å². The Balaban J connectivity index is 0.00000193. The van der Waals surface area contributed by atoms with Crippen LogP contribution < -0.4 is 10.6 Å². The molecule has 1 fully saturated rings. The molecule has 2 aliphatic heterocycles. The molecule has 0 bridgehead atoms. The van der Waals surface area contributed by atoms with Crippen LogP contribution in [0.3, 0.4) is 0 Å². The third-order valence-corrected chi connectivity index (χ3v) is 6.18. The van der Waals surface area contributed by atoms with Crippen molar-refractivity contribution >= 4 is 36.6 Å². The van der Waals surface area contributed by atoms with Crippen LogP contribution in [0.15, 0.2) is 42.6 Å². The van der Waals surface area contributed by atoms with Gasteiger partial charge in [-0.3, -0.25) is 14.6 Å². The molecule has 4 rings (SSSR count). The zero-order chi connectivity index (χ0) is 21.6. The molecular formula is C24H32Cl2N4O3. The molecule has 1 aromatic heterocycles. The lowest BCUT2D eigenvalue weighted by atomic mass is 9.93. The van der Waals surface area contributed by atoms with Crippen molar-refractivity contribution in [2.24, 2.45) is 0 Å². The zero-order valence-corrected chi connectivity index (χ0v) is 20.2. The van der Waals surface area contributed by atoms with E-state index in [0.29, 0.717) is 17.8 Å². The van der Waals surface area contributed by atoms with E-state index >= 15 is 0 Å². The quantitative estimate of drug-likeness (QED) is 0.572. The van der Waals surface area contributed by atoms with Crippen molar-refractivity contribution in [2.45, 2.75) is 50.8 Å². The van der Waals surface area contributed by atoms with Crippen LogP contribution in [0.5, 0.6) is 0 Å². The van der Waals surface area contributed by atoms with E-state index in [4.69, 9.17) is 0 Å². The van der Waals surface area contributed by atoms with Gasteiger partial charge in [0.2, 0.25) is 5.91 Å². The number of carbonyl (C=O) groups is 2. The number of rotatable bonds is 6. The molecule has 0 saturated carbocycles. The van der Waals surface area contributed by atoms with Crippen molar-refractivity contribution in [1.29, 1.82) is 0 Å². The van der Waals surface area contributed by atoms with Gasteiger partial charge in [-0.25, -0.2) is 0 Å². The van der Waals surface area contributed by atoms with Crippen LogP contribution >= 0.6 is 24.8 Å². The van der Waals surface area contributed by atoms with Crippen molar-refractivity contribution in [2.75, 3.05) is 19.6 Å². The Morgan fingerprint density at radius 1 is 1.09 bits per heavy atom. The molecule has 33 heavy (non-hydrogen) atoms. The van der Waals surface area contributed by atoms with Gasteiger partial charge >= 0.3 is 0 Å². The number of carbonyl (C=O) groups excluding carboxylic acids is 2. The van der Waals surface area contributed by atoms with Crippen LogP contribution in [-0.2, 0) is 24.2 Å². The van der Waals surface area contributed by atoms with E-state index in [9.17, 15) is 14.7 Å². The molecule has 0 aliphatic carbocycles. The SMILES string of the molecule is Cl.Cl.O=C(NCC(O)C1Cc2ccccc2CN1)c1ccc(CC(=O)N2CCCCC2)nc1. The number of aliphatic hydroxyl groups excluding tert-OH is 1. The maximum atomic E-state index is 12.5. The lowest BCUT2D eigenvalue weighted by Gasteiger charge is -2.30. The second-order valence-corrected chi connectivity index (χ2v) is 8.39.